The van der Waals surface area contributed by atoms with E-state index in [2.05, 4.69) is 18.8 Å². The van der Waals surface area contributed by atoms with Crippen molar-refractivity contribution in [1.29, 1.82) is 0 Å². The number of hydrogen-bond acceptors (Lipinski definition) is 5. The molecule has 1 amide bonds. The minimum Gasteiger partial charge on any atom is -0.507 e. The second-order valence-corrected chi connectivity index (χ2v) is 9.01. The van der Waals surface area contributed by atoms with Crippen molar-refractivity contribution in [3.05, 3.63) is 100 Å². The molecule has 0 aliphatic carbocycles. The molecule has 7 heteroatoms. The van der Waals surface area contributed by atoms with Gasteiger partial charge < -0.3 is 14.7 Å². The number of likely N-dealkylation sites (tertiary alicyclic amines) is 1. The number of hydrogen-bond donors (Lipinski definition) is 1. The van der Waals surface area contributed by atoms with E-state index >= 15 is 0 Å². The lowest BCUT2D eigenvalue weighted by molar-refractivity contribution is -0.140. The highest BCUT2D eigenvalue weighted by Crippen LogP contribution is 2.40. The van der Waals surface area contributed by atoms with Crippen LogP contribution in [0.4, 0.5) is 0 Å². The maximum Gasteiger partial charge on any atom is 0.295 e. The van der Waals surface area contributed by atoms with Crippen molar-refractivity contribution in [2.24, 2.45) is 5.92 Å². The van der Waals surface area contributed by atoms with Crippen LogP contribution in [0.3, 0.4) is 0 Å². The summed E-state index contributed by atoms with van der Waals surface area (Å²) >= 11 is 6.07. The molecule has 0 bridgehead atoms. The standard InChI is InChI=1S/C27H25ClN2O4/c1-17(2)16-34-22-11-7-20(8-12-22)25(31)23-24(19-5-9-21(28)10-6-19)30(27(33)26(23)32)15-18-4-3-13-29-14-18/h3-14,17,24,31H,15-16H2,1-2H3/b25-23+/t24-/m0/s1. The smallest absolute Gasteiger partial charge is 0.295 e. The maximum atomic E-state index is 13.1. The zero-order valence-electron chi connectivity index (χ0n) is 18.9. The summed E-state index contributed by atoms with van der Waals surface area (Å²) in [7, 11) is 0. The zero-order chi connectivity index (χ0) is 24.2. The number of amides is 1. The first-order valence-corrected chi connectivity index (χ1v) is 11.4. The quantitative estimate of drug-likeness (QED) is 0.281. The molecule has 0 spiro atoms. The second-order valence-electron chi connectivity index (χ2n) is 8.57. The lowest BCUT2D eigenvalue weighted by Gasteiger charge is -2.25. The van der Waals surface area contributed by atoms with Gasteiger partial charge in [0.2, 0.25) is 0 Å². The number of pyridine rings is 1. The minimum atomic E-state index is -0.769. The van der Waals surface area contributed by atoms with Crippen LogP contribution in [0.5, 0.6) is 5.75 Å². The zero-order valence-corrected chi connectivity index (χ0v) is 19.7. The van der Waals surface area contributed by atoms with Gasteiger partial charge in [0.1, 0.15) is 11.5 Å². The summed E-state index contributed by atoms with van der Waals surface area (Å²) in [5.74, 6) is -0.606. The van der Waals surface area contributed by atoms with Gasteiger partial charge in [-0.05, 0) is 59.5 Å². The van der Waals surface area contributed by atoms with Gasteiger partial charge >= 0.3 is 0 Å². The van der Waals surface area contributed by atoms with Crippen molar-refractivity contribution in [2.75, 3.05) is 6.61 Å². The van der Waals surface area contributed by atoms with E-state index in [4.69, 9.17) is 16.3 Å². The van der Waals surface area contributed by atoms with Gasteiger partial charge in [-0.3, -0.25) is 14.6 Å². The molecular weight excluding hydrogens is 452 g/mol. The third-order valence-corrected chi connectivity index (χ3v) is 5.76. The van der Waals surface area contributed by atoms with Crippen LogP contribution in [0, 0.1) is 5.92 Å². The number of aliphatic hydroxyl groups excluding tert-OH is 1. The molecule has 1 N–H and O–H groups in total. The number of halogens is 1. The molecule has 174 valence electrons. The Morgan fingerprint density at radius 1 is 1.09 bits per heavy atom. The third kappa shape index (κ3) is 4.97. The minimum absolute atomic E-state index is 0.0343. The fourth-order valence-electron chi connectivity index (χ4n) is 3.85. The van der Waals surface area contributed by atoms with E-state index in [1.807, 2.05) is 6.07 Å². The molecular formula is C27H25ClN2O4. The lowest BCUT2D eigenvalue weighted by atomic mass is 9.95. The van der Waals surface area contributed by atoms with Crippen LogP contribution in [0.25, 0.3) is 5.76 Å². The lowest BCUT2D eigenvalue weighted by Crippen LogP contribution is -2.29. The Hall–Kier alpha value is -3.64. The molecule has 4 rings (SSSR count). The number of benzene rings is 2. The maximum absolute atomic E-state index is 13.1. The molecule has 2 heterocycles. The fraction of sp³-hybridized carbons (Fsp3) is 0.222. The van der Waals surface area contributed by atoms with Crippen molar-refractivity contribution in [1.82, 2.24) is 9.88 Å². The predicted molar refractivity (Wildman–Crippen MR) is 130 cm³/mol. The molecule has 34 heavy (non-hydrogen) atoms. The van der Waals surface area contributed by atoms with Gasteiger partial charge in [-0.15, -0.1) is 0 Å². The van der Waals surface area contributed by atoms with Gasteiger partial charge in [-0.2, -0.15) is 0 Å². The van der Waals surface area contributed by atoms with E-state index in [9.17, 15) is 14.7 Å². The van der Waals surface area contributed by atoms with Crippen LogP contribution in [-0.4, -0.2) is 33.3 Å². The van der Waals surface area contributed by atoms with Gasteiger partial charge in [-0.1, -0.05) is 43.6 Å². The summed E-state index contributed by atoms with van der Waals surface area (Å²) in [5.41, 5.74) is 1.91. The first kappa shape index (κ1) is 23.5. The molecule has 2 aromatic carbocycles. The van der Waals surface area contributed by atoms with Gasteiger partial charge in [0.25, 0.3) is 11.7 Å². The van der Waals surface area contributed by atoms with Crippen LogP contribution in [0.2, 0.25) is 5.02 Å². The Kier molecular flexibility index (Phi) is 6.98. The highest BCUT2D eigenvalue weighted by molar-refractivity contribution is 6.46. The SMILES string of the molecule is CC(C)COc1ccc(/C(O)=C2\C(=O)C(=O)N(Cc3cccnc3)[C@H]2c2ccc(Cl)cc2)cc1. The molecule has 1 atom stereocenters. The van der Waals surface area contributed by atoms with E-state index in [0.29, 0.717) is 34.4 Å². The van der Waals surface area contributed by atoms with Crippen LogP contribution in [0.15, 0.2) is 78.6 Å². The molecule has 1 aliphatic rings. The van der Waals surface area contributed by atoms with E-state index in [1.54, 1.807) is 67.0 Å². The molecule has 1 aliphatic heterocycles. The van der Waals surface area contributed by atoms with Crippen molar-refractivity contribution < 1.29 is 19.4 Å². The monoisotopic (exact) mass is 476 g/mol. The van der Waals surface area contributed by atoms with Crippen molar-refractivity contribution in [3.63, 3.8) is 0 Å². The number of aromatic nitrogens is 1. The van der Waals surface area contributed by atoms with Crippen LogP contribution >= 0.6 is 11.6 Å². The Labute approximate surface area is 203 Å². The topological polar surface area (TPSA) is 79.7 Å². The first-order chi connectivity index (χ1) is 16.3. The van der Waals surface area contributed by atoms with Crippen LogP contribution in [0.1, 0.15) is 36.6 Å². The average molecular weight is 477 g/mol. The first-order valence-electron chi connectivity index (χ1n) is 11.0. The Morgan fingerprint density at radius 2 is 1.79 bits per heavy atom. The number of carbonyl (C=O) groups excluding carboxylic acids is 2. The number of nitrogens with zero attached hydrogens (tertiary/aromatic N) is 2. The largest absolute Gasteiger partial charge is 0.507 e. The summed E-state index contributed by atoms with van der Waals surface area (Å²) in [6.07, 6.45) is 3.29. The summed E-state index contributed by atoms with van der Waals surface area (Å²) in [6.45, 7) is 4.86. The Bertz CT molecular complexity index is 1210. The van der Waals surface area contributed by atoms with Gasteiger partial charge in [0.15, 0.2) is 0 Å². The number of Topliss-reactive ketones (excluding diaryl/α,β-unsaturated/α-hetero) is 1. The van der Waals surface area contributed by atoms with E-state index in [1.165, 1.54) is 4.90 Å². The number of rotatable bonds is 7. The molecule has 0 saturated carbocycles. The van der Waals surface area contributed by atoms with Gasteiger partial charge in [-0.25, -0.2) is 0 Å². The molecule has 1 fully saturated rings. The van der Waals surface area contributed by atoms with Crippen molar-refractivity contribution in [3.8, 4) is 5.75 Å². The molecule has 6 nitrogen and oxygen atoms in total. The third-order valence-electron chi connectivity index (χ3n) is 5.51. The van der Waals surface area contributed by atoms with Crippen molar-refractivity contribution >= 4 is 29.1 Å². The Balaban J connectivity index is 1.75. The average Bonchev–Trinajstić information content (AvgIpc) is 3.08. The highest BCUT2D eigenvalue weighted by Gasteiger charge is 2.46. The van der Waals surface area contributed by atoms with Crippen LogP contribution < -0.4 is 4.74 Å². The van der Waals surface area contributed by atoms with Gasteiger partial charge in [0, 0.05) is 29.5 Å². The summed E-state index contributed by atoms with van der Waals surface area (Å²) in [6, 6.07) is 16.6. The molecule has 1 aromatic heterocycles. The normalized spacial score (nSPS) is 17.4. The summed E-state index contributed by atoms with van der Waals surface area (Å²) in [5, 5.41) is 11.7. The molecule has 3 aromatic rings. The summed E-state index contributed by atoms with van der Waals surface area (Å²) in [4.78, 5) is 31.8. The van der Waals surface area contributed by atoms with Gasteiger partial charge in [0.05, 0.1) is 18.2 Å². The van der Waals surface area contributed by atoms with E-state index < -0.39 is 17.7 Å². The predicted octanol–water partition coefficient (Wildman–Crippen LogP) is 5.39. The number of aliphatic hydroxyl groups is 1. The number of carbonyl (C=O) groups is 2. The summed E-state index contributed by atoms with van der Waals surface area (Å²) < 4.78 is 5.71. The van der Waals surface area contributed by atoms with Crippen molar-refractivity contribution in [2.45, 2.75) is 26.4 Å². The second kappa shape index (κ2) is 10.1. The molecule has 0 unspecified atom stereocenters. The number of ketones is 1. The van der Waals surface area contributed by atoms with E-state index in [-0.39, 0.29) is 17.9 Å². The molecule has 0 radical (unpaired) electrons. The Morgan fingerprint density at radius 3 is 2.41 bits per heavy atom. The molecule has 1 saturated heterocycles. The van der Waals surface area contributed by atoms with E-state index in [0.717, 1.165) is 5.56 Å². The number of ether oxygens (including phenoxy) is 1. The fourth-order valence-corrected chi connectivity index (χ4v) is 3.98. The van der Waals surface area contributed by atoms with Crippen LogP contribution in [-0.2, 0) is 16.1 Å². The highest BCUT2D eigenvalue weighted by atomic mass is 35.5.